The normalized spacial score (nSPS) is 26.1. The van der Waals surface area contributed by atoms with Crippen LogP contribution in [0.15, 0.2) is 18.2 Å². The summed E-state index contributed by atoms with van der Waals surface area (Å²) in [4.78, 5) is 0. The lowest BCUT2D eigenvalue weighted by molar-refractivity contribution is 0.210. The van der Waals surface area contributed by atoms with Gasteiger partial charge in [0, 0.05) is 18.3 Å². The molecular formula is C19H30N2O. The Hall–Kier alpha value is -1.22. The summed E-state index contributed by atoms with van der Waals surface area (Å²) in [5.41, 5.74) is 8.50. The molecule has 0 unspecified atom stereocenters. The average molecular weight is 302 g/mol. The summed E-state index contributed by atoms with van der Waals surface area (Å²) in [6.45, 7) is 3.23. The van der Waals surface area contributed by atoms with Crippen molar-refractivity contribution in [1.82, 2.24) is 0 Å². The third-order valence-corrected chi connectivity index (χ3v) is 5.28. The molecule has 122 valence electrons. The number of anilines is 1. The van der Waals surface area contributed by atoms with Gasteiger partial charge in [0.25, 0.3) is 0 Å². The van der Waals surface area contributed by atoms with E-state index >= 15 is 0 Å². The molecule has 3 N–H and O–H groups in total. The van der Waals surface area contributed by atoms with E-state index in [-0.39, 0.29) is 0 Å². The zero-order valence-corrected chi connectivity index (χ0v) is 13.8. The molecule has 0 amide bonds. The first-order valence-electron chi connectivity index (χ1n) is 8.97. The molecule has 1 aromatic carbocycles. The molecule has 3 heteroatoms. The second-order valence-electron chi connectivity index (χ2n) is 7.16. The second-order valence-corrected chi connectivity index (χ2v) is 7.16. The zero-order valence-electron chi connectivity index (χ0n) is 13.8. The van der Waals surface area contributed by atoms with Crippen LogP contribution >= 0.6 is 0 Å². The number of aryl methyl sites for hydroxylation is 1. The van der Waals surface area contributed by atoms with Crippen LogP contribution in [-0.4, -0.2) is 18.7 Å². The molecule has 0 spiro atoms. The summed E-state index contributed by atoms with van der Waals surface area (Å²) in [6.07, 6.45) is 10.4. The van der Waals surface area contributed by atoms with Crippen LogP contribution in [0.3, 0.4) is 0 Å². The van der Waals surface area contributed by atoms with Gasteiger partial charge in [0.2, 0.25) is 0 Å². The molecule has 2 saturated carbocycles. The Bertz CT molecular complexity index is 474. The number of nitrogens with one attached hydrogen (secondary N) is 1. The largest absolute Gasteiger partial charge is 0.490 e. The van der Waals surface area contributed by atoms with Crippen molar-refractivity contribution in [3.05, 3.63) is 23.8 Å². The maximum absolute atomic E-state index is 6.08. The predicted octanol–water partition coefficient (Wildman–Crippen LogP) is 4.25. The van der Waals surface area contributed by atoms with Crippen molar-refractivity contribution in [2.24, 2.45) is 11.7 Å². The molecule has 2 aliphatic carbocycles. The molecule has 0 atom stereocenters. The van der Waals surface area contributed by atoms with Crippen molar-refractivity contribution < 1.29 is 4.74 Å². The topological polar surface area (TPSA) is 47.3 Å². The molecule has 22 heavy (non-hydrogen) atoms. The maximum atomic E-state index is 6.08. The van der Waals surface area contributed by atoms with Crippen LogP contribution in [0.2, 0.25) is 0 Å². The van der Waals surface area contributed by atoms with Gasteiger partial charge in [0.05, 0.1) is 6.10 Å². The summed E-state index contributed by atoms with van der Waals surface area (Å²) in [5, 5.41) is 3.62. The SMILES string of the molecule is Cc1cc(OC2CCCC2)ccc1NC[C@H]1CC[C@H](N)CC1. The van der Waals surface area contributed by atoms with E-state index in [0.717, 1.165) is 18.2 Å². The minimum Gasteiger partial charge on any atom is -0.490 e. The Balaban J connectivity index is 1.51. The predicted molar refractivity (Wildman–Crippen MR) is 92.5 cm³/mol. The molecule has 3 nitrogen and oxygen atoms in total. The van der Waals surface area contributed by atoms with Crippen LogP contribution in [-0.2, 0) is 0 Å². The third kappa shape index (κ3) is 4.16. The Morgan fingerprint density at radius 3 is 2.50 bits per heavy atom. The number of ether oxygens (including phenoxy) is 1. The van der Waals surface area contributed by atoms with E-state index in [1.807, 2.05) is 0 Å². The number of nitrogens with two attached hydrogens (primary N) is 1. The first-order valence-corrected chi connectivity index (χ1v) is 8.97. The van der Waals surface area contributed by atoms with Crippen molar-refractivity contribution in [3.63, 3.8) is 0 Å². The number of hydrogen-bond acceptors (Lipinski definition) is 3. The highest BCUT2D eigenvalue weighted by Crippen LogP contribution is 2.28. The van der Waals surface area contributed by atoms with E-state index in [4.69, 9.17) is 10.5 Å². The van der Waals surface area contributed by atoms with Crippen LogP contribution in [0.5, 0.6) is 5.75 Å². The first kappa shape index (κ1) is 15.7. The van der Waals surface area contributed by atoms with Crippen molar-refractivity contribution in [3.8, 4) is 5.75 Å². The first-order chi connectivity index (χ1) is 10.7. The van der Waals surface area contributed by atoms with Gasteiger partial charge in [-0.25, -0.2) is 0 Å². The zero-order chi connectivity index (χ0) is 15.4. The summed E-state index contributed by atoms with van der Waals surface area (Å²) < 4.78 is 6.08. The van der Waals surface area contributed by atoms with Crippen LogP contribution < -0.4 is 15.8 Å². The maximum Gasteiger partial charge on any atom is 0.120 e. The van der Waals surface area contributed by atoms with E-state index in [2.05, 4.69) is 30.4 Å². The van der Waals surface area contributed by atoms with Gasteiger partial charge >= 0.3 is 0 Å². The summed E-state index contributed by atoms with van der Waals surface area (Å²) in [5.74, 6) is 1.80. The molecule has 0 aliphatic heterocycles. The van der Waals surface area contributed by atoms with E-state index in [1.54, 1.807) is 0 Å². The molecule has 0 bridgehead atoms. The van der Waals surface area contributed by atoms with Gasteiger partial charge in [-0.1, -0.05) is 0 Å². The Labute approximate surface area is 134 Å². The van der Waals surface area contributed by atoms with Crippen LogP contribution in [0, 0.1) is 12.8 Å². The lowest BCUT2D eigenvalue weighted by atomic mass is 9.86. The third-order valence-electron chi connectivity index (χ3n) is 5.28. The second kappa shape index (κ2) is 7.36. The van der Waals surface area contributed by atoms with Crippen molar-refractivity contribution in [2.75, 3.05) is 11.9 Å². The summed E-state index contributed by atoms with van der Waals surface area (Å²) in [6, 6.07) is 6.90. The van der Waals surface area contributed by atoms with Crippen molar-refractivity contribution in [2.45, 2.75) is 70.4 Å². The van der Waals surface area contributed by atoms with E-state index in [1.165, 1.54) is 62.6 Å². The lowest BCUT2D eigenvalue weighted by Gasteiger charge is -2.26. The smallest absolute Gasteiger partial charge is 0.120 e. The van der Waals surface area contributed by atoms with E-state index in [9.17, 15) is 0 Å². The van der Waals surface area contributed by atoms with Crippen LogP contribution in [0.1, 0.15) is 56.9 Å². The molecule has 3 rings (SSSR count). The minimum absolute atomic E-state index is 0.435. The van der Waals surface area contributed by atoms with E-state index < -0.39 is 0 Å². The Morgan fingerprint density at radius 2 is 1.82 bits per heavy atom. The molecule has 2 fully saturated rings. The van der Waals surface area contributed by atoms with E-state index in [0.29, 0.717) is 12.1 Å². The fourth-order valence-corrected chi connectivity index (χ4v) is 3.75. The summed E-state index contributed by atoms with van der Waals surface area (Å²) >= 11 is 0. The highest BCUT2D eigenvalue weighted by molar-refractivity contribution is 5.53. The number of benzene rings is 1. The highest BCUT2D eigenvalue weighted by atomic mass is 16.5. The fourth-order valence-electron chi connectivity index (χ4n) is 3.75. The Morgan fingerprint density at radius 1 is 1.09 bits per heavy atom. The molecule has 0 saturated heterocycles. The van der Waals surface area contributed by atoms with Crippen LogP contribution in [0.25, 0.3) is 0 Å². The molecule has 0 heterocycles. The highest BCUT2D eigenvalue weighted by Gasteiger charge is 2.19. The summed E-state index contributed by atoms with van der Waals surface area (Å²) in [7, 11) is 0. The molecule has 1 aromatic rings. The quantitative estimate of drug-likeness (QED) is 0.855. The van der Waals surface area contributed by atoms with Gasteiger partial charge < -0.3 is 15.8 Å². The molecular weight excluding hydrogens is 272 g/mol. The average Bonchev–Trinajstić information content (AvgIpc) is 3.01. The standard InChI is InChI=1S/C19H30N2O/c1-14-12-18(22-17-4-2-3-5-17)10-11-19(14)21-13-15-6-8-16(20)9-7-15/h10-12,15-17,21H,2-9,13,20H2,1H3/t15-,16-. The molecule has 2 aliphatic rings. The Kier molecular flexibility index (Phi) is 5.24. The van der Waals surface area contributed by atoms with Gasteiger partial charge in [-0.15, -0.1) is 0 Å². The fraction of sp³-hybridized carbons (Fsp3) is 0.684. The van der Waals surface area contributed by atoms with Crippen molar-refractivity contribution >= 4 is 5.69 Å². The number of rotatable bonds is 5. The van der Waals surface area contributed by atoms with Gasteiger partial charge in [0.15, 0.2) is 0 Å². The molecule has 0 aromatic heterocycles. The molecule has 0 radical (unpaired) electrons. The van der Waals surface area contributed by atoms with Gasteiger partial charge in [-0.3, -0.25) is 0 Å². The van der Waals surface area contributed by atoms with Gasteiger partial charge in [-0.2, -0.15) is 0 Å². The van der Waals surface area contributed by atoms with Gasteiger partial charge in [0.1, 0.15) is 5.75 Å². The van der Waals surface area contributed by atoms with Crippen LogP contribution in [0.4, 0.5) is 5.69 Å². The lowest BCUT2D eigenvalue weighted by Crippen LogP contribution is -2.29. The monoisotopic (exact) mass is 302 g/mol. The van der Waals surface area contributed by atoms with Crippen molar-refractivity contribution in [1.29, 1.82) is 0 Å². The number of hydrogen-bond donors (Lipinski definition) is 2. The van der Waals surface area contributed by atoms with Gasteiger partial charge in [-0.05, 0) is 88.0 Å². The minimum atomic E-state index is 0.435.